The molecule has 3 amide bonds. The Kier molecular flexibility index (Phi) is 10.8. The Balaban J connectivity index is 0.635. The number of ether oxygens (including phenoxy) is 2. The maximum absolute atomic E-state index is 13.1. The van der Waals surface area contributed by atoms with Gasteiger partial charge in [0.25, 0.3) is 5.91 Å². The van der Waals surface area contributed by atoms with Crippen molar-refractivity contribution in [3.8, 4) is 34.2 Å². The van der Waals surface area contributed by atoms with Gasteiger partial charge in [0.2, 0.25) is 17.6 Å². The van der Waals surface area contributed by atoms with E-state index < -0.39 is 6.04 Å². The third-order valence-electron chi connectivity index (χ3n) is 13.3. The number of imide groups is 1. The molecule has 4 fully saturated rings. The molecule has 3 saturated heterocycles. The van der Waals surface area contributed by atoms with Crippen LogP contribution in [0.1, 0.15) is 80.1 Å². The fourth-order valence-electron chi connectivity index (χ4n) is 10.0. The molecule has 1 aliphatic carbocycles. The van der Waals surface area contributed by atoms with E-state index in [4.69, 9.17) is 14.0 Å². The smallest absolute Gasteiger partial charge is 0.255 e. The van der Waals surface area contributed by atoms with Gasteiger partial charge in [-0.3, -0.25) is 19.7 Å². The standard InChI is InChI=1S/C45H51N9O6/c55-41-13-12-40(44(56)46-41)54-27-32-23-36(9-10-37(32)45(54)57)59-34-16-20-53(21-17-34)26-29-6-4-28(5-7-29)25-52-18-14-33(15-19-52)58-35-3-1-2-30(22-35)42-38-24-31(43-47-50-51-48-43)8-11-39(38)49-60-42/h1-3,8-11,22-24,28-29,33-34,40H,4-7,12-21,25-27H2,(H,46,55,56)(H,47,48,50,51). The molecule has 5 aromatic rings. The van der Waals surface area contributed by atoms with E-state index in [0.717, 1.165) is 103 Å². The van der Waals surface area contributed by atoms with E-state index in [1.165, 1.54) is 38.8 Å². The van der Waals surface area contributed by atoms with Gasteiger partial charge in [0, 0.05) is 68.9 Å². The fourth-order valence-corrected chi connectivity index (χ4v) is 10.0. The van der Waals surface area contributed by atoms with Gasteiger partial charge in [-0.05, 0) is 129 Å². The minimum Gasteiger partial charge on any atom is -0.490 e. The van der Waals surface area contributed by atoms with Crippen LogP contribution in [-0.2, 0) is 16.1 Å². The summed E-state index contributed by atoms with van der Waals surface area (Å²) in [7, 11) is 0. The van der Waals surface area contributed by atoms with E-state index in [-0.39, 0.29) is 36.4 Å². The Morgan fingerprint density at radius 3 is 2.10 bits per heavy atom. The van der Waals surface area contributed by atoms with Crippen molar-refractivity contribution in [2.45, 2.75) is 89.0 Å². The molecule has 3 aromatic carbocycles. The first-order valence-electron chi connectivity index (χ1n) is 21.7. The zero-order valence-electron chi connectivity index (χ0n) is 33.8. The average molecular weight is 814 g/mol. The van der Waals surface area contributed by atoms with Gasteiger partial charge in [-0.1, -0.05) is 17.3 Å². The molecule has 5 aliphatic rings. The van der Waals surface area contributed by atoms with Gasteiger partial charge < -0.3 is 28.7 Å². The number of benzene rings is 3. The highest BCUT2D eigenvalue weighted by atomic mass is 16.5. The summed E-state index contributed by atoms with van der Waals surface area (Å²) in [5.41, 5.74) is 4.02. The van der Waals surface area contributed by atoms with Crippen LogP contribution in [0.5, 0.6) is 11.5 Å². The van der Waals surface area contributed by atoms with Gasteiger partial charge in [0.1, 0.15) is 35.3 Å². The van der Waals surface area contributed by atoms with Gasteiger partial charge in [-0.25, -0.2) is 0 Å². The molecule has 0 spiro atoms. The predicted molar refractivity (Wildman–Crippen MR) is 221 cm³/mol. The molecule has 15 nitrogen and oxygen atoms in total. The highest BCUT2D eigenvalue weighted by Crippen LogP contribution is 2.36. The lowest BCUT2D eigenvalue weighted by molar-refractivity contribution is -0.136. The molecule has 1 saturated carbocycles. The van der Waals surface area contributed by atoms with E-state index in [0.29, 0.717) is 30.1 Å². The first kappa shape index (κ1) is 38.5. The Morgan fingerprint density at radius 1 is 0.733 bits per heavy atom. The van der Waals surface area contributed by atoms with Gasteiger partial charge in [0.15, 0.2) is 5.76 Å². The summed E-state index contributed by atoms with van der Waals surface area (Å²) in [6.45, 7) is 6.94. The van der Waals surface area contributed by atoms with E-state index in [9.17, 15) is 14.4 Å². The minimum atomic E-state index is -0.608. The van der Waals surface area contributed by atoms with Gasteiger partial charge in [-0.15, -0.1) is 10.2 Å². The van der Waals surface area contributed by atoms with Crippen molar-refractivity contribution in [2.24, 2.45) is 11.8 Å². The van der Waals surface area contributed by atoms with Crippen molar-refractivity contribution in [1.82, 2.24) is 45.8 Å². The number of carbonyl (C=O) groups is 3. The normalized spacial score (nSPS) is 23.6. The lowest BCUT2D eigenvalue weighted by atomic mass is 9.81. The molecule has 10 rings (SSSR count). The van der Waals surface area contributed by atoms with Crippen molar-refractivity contribution in [1.29, 1.82) is 0 Å². The number of H-pyrrole nitrogens is 1. The average Bonchev–Trinajstić information content (AvgIpc) is 4.03. The van der Waals surface area contributed by atoms with Crippen molar-refractivity contribution < 1.29 is 28.4 Å². The Hall–Kier alpha value is -5.67. The number of nitrogens with zero attached hydrogens (tertiary/aromatic N) is 7. The van der Waals surface area contributed by atoms with Gasteiger partial charge in [-0.2, -0.15) is 5.21 Å². The lowest BCUT2D eigenvalue weighted by Crippen LogP contribution is -2.52. The number of piperidine rings is 3. The third-order valence-corrected chi connectivity index (χ3v) is 13.3. The topological polar surface area (TPSA) is 172 Å². The van der Waals surface area contributed by atoms with Crippen molar-refractivity contribution in [3.05, 3.63) is 71.8 Å². The number of fused-ring (bicyclic) bond motifs is 2. The zero-order valence-corrected chi connectivity index (χ0v) is 33.8. The molecule has 6 heterocycles. The number of aromatic nitrogens is 5. The number of likely N-dealkylation sites (tertiary alicyclic amines) is 2. The lowest BCUT2D eigenvalue weighted by Gasteiger charge is -2.38. The third kappa shape index (κ3) is 8.24. The second-order valence-corrected chi connectivity index (χ2v) is 17.3. The predicted octanol–water partition coefficient (Wildman–Crippen LogP) is 5.63. The Morgan fingerprint density at radius 2 is 1.43 bits per heavy atom. The maximum atomic E-state index is 13.1. The number of nitrogens with one attached hydrogen (secondary N) is 2. The number of carbonyl (C=O) groups excluding carboxylic acids is 3. The molecule has 2 aromatic heterocycles. The monoisotopic (exact) mass is 813 g/mol. The van der Waals surface area contributed by atoms with Crippen LogP contribution in [0.2, 0.25) is 0 Å². The van der Waals surface area contributed by atoms with Crippen LogP contribution in [0, 0.1) is 11.8 Å². The number of hydrogen-bond acceptors (Lipinski definition) is 12. The number of aromatic amines is 1. The molecule has 1 unspecified atom stereocenters. The van der Waals surface area contributed by atoms with Crippen LogP contribution in [0.25, 0.3) is 33.6 Å². The van der Waals surface area contributed by atoms with Crippen LogP contribution in [-0.4, -0.2) is 116 Å². The highest BCUT2D eigenvalue weighted by molar-refractivity contribution is 6.05. The molecular formula is C45H51N9O6. The summed E-state index contributed by atoms with van der Waals surface area (Å²) in [5, 5.41) is 21.9. The summed E-state index contributed by atoms with van der Waals surface area (Å²) in [5.74, 6) is 3.55. The molecule has 0 bridgehead atoms. The van der Waals surface area contributed by atoms with Crippen LogP contribution in [0.15, 0.2) is 65.2 Å². The summed E-state index contributed by atoms with van der Waals surface area (Å²) < 4.78 is 18.8. The first-order chi connectivity index (χ1) is 29.4. The highest BCUT2D eigenvalue weighted by Gasteiger charge is 2.39. The molecule has 60 heavy (non-hydrogen) atoms. The molecule has 4 aliphatic heterocycles. The number of hydrogen-bond donors (Lipinski definition) is 2. The van der Waals surface area contributed by atoms with Crippen LogP contribution < -0.4 is 14.8 Å². The Labute approximate surface area is 348 Å². The van der Waals surface area contributed by atoms with Crippen molar-refractivity contribution in [2.75, 3.05) is 39.3 Å². The largest absolute Gasteiger partial charge is 0.490 e. The second-order valence-electron chi connectivity index (χ2n) is 17.3. The molecular weight excluding hydrogens is 763 g/mol. The van der Waals surface area contributed by atoms with Gasteiger partial charge in [0.05, 0.1) is 5.39 Å². The molecule has 0 radical (unpaired) electrons. The summed E-state index contributed by atoms with van der Waals surface area (Å²) in [6, 6.07) is 19.0. The van der Waals surface area contributed by atoms with Gasteiger partial charge >= 0.3 is 0 Å². The van der Waals surface area contributed by atoms with Crippen LogP contribution in [0.4, 0.5) is 0 Å². The van der Waals surface area contributed by atoms with E-state index in [1.807, 2.05) is 60.7 Å². The quantitative estimate of drug-likeness (QED) is 0.158. The van der Waals surface area contributed by atoms with E-state index in [2.05, 4.69) is 40.9 Å². The number of amides is 3. The number of rotatable bonds is 11. The summed E-state index contributed by atoms with van der Waals surface area (Å²) in [6.07, 6.45) is 10.2. The van der Waals surface area contributed by atoms with Crippen molar-refractivity contribution in [3.63, 3.8) is 0 Å². The first-order valence-corrected chi connectivity index (χ1v) is 21.7. The van der Waals surface area contributed by atoms with Crippen LogP contribution >= 0.6 is 0 Å². The minimum absolute atomic E-state index is 0.150. The molecule has 1 atom stereocenters. The zero-order chi connectivity index (χ0) is 40.6. The molecule has 2 N–H and O–H groups in total. The second kappa shape index (κ2) is 16.8. The van der Waals surface area contributed by atoms with Crippen LogP contribution in [0.3, 0.4) is 0 Å². The SMILES string of the molecule is O=C1CCC(N2Cc3cc(OC4CCN(CC5CCC(CN6CCC(Oc7cccc(-c8onc9ccc(-c%10nn[nH]n%10)cc89)c7)CC6)CC5)CC4)ccc3C2=O)C(=O)N1. The summed E-state index contributed by atoms with van der Waals surface area (Å²) >= 11 is 0. The van der Waals surface area contributed by atoms with Crippen molar-refractivity contribution >= 4 is 28.6 Å². The molecule has 312 valence electrons. The fraction of sp³-hybridized carbons (Fsp3) is 0.489. The maximum Gasteiger partial charge on any atom is 0.255 e. The summed E-state index contributed by atoms with van der Waals surface area (Å²) in [4.78, 5) is 44.0. The molecule has 15 heteroatoms. The van der Waals surface area contributed by atoms with E-state index >= 15 is 0 Å². The van der Waals surface area contributed by atoms with E-state index in [1.54, 1.807) is 4.90 Å². The number of tetrazole rings is 1. The Bertz CT molecular complexity index is 2340.